The molecule has 1 aliphatic heterocycles. The number of pyridine rings is 1. The van der Waals surface area contributed by atoms with Crippen LogP contribution in [0.4, 0.5) is 4.79 Å². The summed E-state index contributed by atoms with van der Waals surface area (Å²) >= 11 is 0. The molecule has 2 aliphatic rings. The average Bonchev–Trinajstić information content (AvgIpc) is 2.94. The lowest BCUT2D eigenvalue weighted by Crippen LogP contribution is -2.49. The fourth-order valence-corrected chi connectivity index (χ4v) is 3.37. The normalized spacial score (nSPS) is 29.4. The Balaban J connectivity index is 1.60. The van der Waals surface area contributed by atoms with Crippen molar-refractivity contribution in [3.8, 4) is 5.75 Å². The number of carbonyl (C=O) groups excluding carboxylic acids is 1. The second-order valence-corrected chi connectivity index (χ2v) is 6.78. The van der Waals surface area contributed by atoms with Gasteiger partial charge in [0.15, 0.2) is 0 Å². The molecule has 2 amide bonds. The number of aliphatic hydroxyl groups excluding tert-OH is 2. The molecule has 1 saturated carbocycles. The van der Waals surface area contributed by atoms with Gasteiger partial charge in [-0.1, -0.05) is 0 Å². The van der Waals surface area contributed by atoms with Crippen LogP contribution in [-0.4, -0.2) is 77.8 Å². The lowest BCUT2D eigenvalue weighted by atomic mass is 9.86. The Bertz CT molecular complexity index is 555. The SMILES string of the molecule is O=C(NCC1(COc2cccnc2)CC(O)C(O)C1)N1CCOCC1. The van der Waals surface area contributed by atoms with Gasteiger partial charge < -0.3 is 29.9 Å². The predicted molar refractivity (Wildman–Crippen MR) is 89.2 cm³/mol. The van der Waals surface area contributed by atoms with E-state index in [1.54, 1.807) is 29.4 Å². The number of urea groups is 1. The zero-order chi connectivity index (χ0) is 17.7. The van der Waals surface area contributed by atoms with Crippen LogP contribution in [0.3, 0.4) is 0 Å². The van der Waals surface area contributed by atoms with Gasteiger partial charge >= 0.3 is 6.03 Å². The summed E-state index contributed by atoms with van der Waals surface area (Å²) in [5, 5.41) is 22.9. The van der Waals surface area contributed by atoms with Crippen LogP contribution < -0.4 is 10.1 Å². The Morgan fingerprint density at radius 2 is 2.08 bits per heavy atom. The first kappa shape index (κ1) is 17.9. The van der Waals surface area contributed by atoms with E-state index in [-0.39, 0.29) is 12.6 Å². The van der Waals surface area contributed by atoms with Crippen molar-refractivity contribution >= 4 is 6.03 Å². The summed E-state index contributed by atoms with van der Waals surface area (Å²) < 4.78 is 11.0. The first-order chi connectivity index (χ1) is 12.1. The summed E-state index contributed by atoms with van der Waals surface area (Å²) in [6.07, 6.45) is 2.40. The summed E-state index contributed by atoms with van der Waals surface area (Å²) in [4.78, 5) is 18.0. The number of nitrogens with one attached hydrogen (secondary N) is 1. The molecule has 3 N–H and O–H groups in total. The van der Waals surface area contributed by atoms with E-state index in [2.05, 4.69) is 10.3 Å². The van der Waals surface area contributed by atoms with Crippen LogP contribution in [0.15, 0.2) is 24.5 Å². The summed E-state index contributed by atoms with van der Waals surface area (Å²) in [6, 6.07) is 3.43. The minimum atomic E-state index is -0.808. The second-order valence-electron chi connectivity index (χ2n) is 6.78. The number of amides is 2. The third-order valence-electron chi connectivity index (χ3n) is 4.82. The quantitative estimate of drug-likeness (QED) is 0.690. The summed E-state index contributed by atoms with van der Waals surface area (Å²) in [5.74, 6) is 0.622. The van der Waals surface area contributed by atoms with Crippen molar-refractivity contribution in [1.29, 1.82) is 0 Å². The maximum atomic E-state index is 12.3. The maximum Gasteiger partial charge on any atom is 0.317 e. The highest BCUT2D eigenvalue weighted by Crippen LogP contribution is 2.38. The van der Waals surface area contributed by atoms with Crippen LogP contribution in [0.2, 0.25) is 0 Å². The Morgan fingerprint density at radius 3 is 2.72 bits per heavy atom. The zero-order valence-electron chi connectivity index (χ0n) is 14.1. The van der Waals surface area contributed by atoms with Gasteiger partial charge in [-0.25, -0.2) is 4.79 Å². The largest absolute Gasteiger partial charge is 0.491 e. The van der Waals surface area contributed by atoms with Crippen LogP contribution in [0.1, 0.15) is 12.8 Å². The number of carbonyl (C=O) groups is 1. The smallest absolute Gasteiger partial charge is 0.317 e. The minimum Gasteiger partial charge on any atom is -0.491 e. The van der Waals surface area contributed by atoms with Crippen molar-refractivity contribution in [2.24, 2.45) is 5.41 Å². The average molecular weight is 351 g/mol. The summed E-state index contributed by atoms with van der Waals surface area (Å²) in [7, 11) is 0. The van der Waals surface area contributed by atoms with Crippen LogP contribution >= 0.6 is 0 Å². The first-order valence-electron chi connectivity index (χ1n) is 8.57. The van der Waals surface area contributed by atoms with Gasteiger partial charge in [0.1, 0.15) is 5.75 Å². The van der Waals surface area contributed by atoms with E-state index in [0.29, 0.717) is 51.4 Å². The van der Waals surface area contributed by atoms with E-state index in [1.807, 2.05) is 0 Å². The number of aliphatic hydroxyl groups is 2. The Labute approximate surface area is 146 Å². The van der Waals surface area contributed by atoms with Crippen molar-refractivity contribution in [1.82, 2.24) is 15.2 Å². The van der Waals surface area contributed by atoms with Crippen LogP contribution in [-0.2, 0) is 4.74 Å². The molecule has 1 saturated heterocycles. The van der Waals surface area contributed by atoms with E-state index < -0.39 is 17.6 Å². The number of nitrogens with zero attached hydrogens (tertiary/aromatic N) is 2. The van der Waals surface area contributed by atoms with Crippen molar-refractivity contribution in [3.63, 3.8) is 0 Å². The van der Waals surface area contributed by atoms with Gasteiger partial charge in [0.25, 0.3) is 0 Å². The Kier molecular flexibility index (Phi) is 5.72. The van der Waals surface area contributed by atoms with E-state index in [4.69, 9.17) is 9.47 Å². The van der Waals surface area contributed by atoms with E-state index >= 15 is 0 Å². The molecule has 1 aromatic rings. The molecule has 2 atom stereocenters. The molecule has 2 heterocycles. The first-order valence-corrected chi connectivity index (χ1v) is 8.57. The molecule has 2 fully saturated rings. The molecule has 2 unspecified atom stereocenters. The molecule has 0 aromatic carbocycles. The maximum absolute atomic E-state index is 12.3. The van der Waals surface area contributed by atoms with Crippen molar-refractivity contribution in [3.05, 3.63) is 24.5 Å². The predicted octanol–water partition coefficient (Wildman–Crippen LogP) is 0.00420. The standard InChI is InChI=1S/C17H25N3O5/c21-14-8-17(9-15(14)22,12-25-13-2-1-3-18-10-13)11-19-16(23)20-4-6-24-7-5-20/h1-3,10,14-15,21-22H,4-9,11-12H2,(H,19,23). The monoisotopic (exact) mass is 351 g/mol. The molecule has 1 aliphatic carbocycles. The van der Waals surface area contributed by atoms with Crippen LogP contribution in [0, 0.1) is 5.41 Å². The van der Waals surface area contributed by atoms with Gasteiger partial charge in [0, 0.05) is 31.2 Å². The van der Waals surface area contributed by atoms with Crippen molar-refractivity contribution in [2.45, 2.75) is 25.0 Å². The molecule has 25 heavy (non-hydrogen) atoms. The second kappa shape index (κ2) is 7.99. The topological polar surface area (TPSA) is 104 Å². The molecule has 3 rings (SSSR count). The lowest BCUT2D eigenvalue weighted by molar-refractivity contribution is 0.0438. The van der Waals surface area contributed by atoms with Gasteiger partial charge in [-0.05, 0) is 25.0 Å². The molecule has 0 radical (unpaired) electrons. The van der Waals surface area contributed by atoms with E-state index in [0.717, 1.165) is 0 Å². The molecule has 138 valence electrons. The third kappa shape index (κ3) is 4.59. The number of hydrogen-bond acceptors (Lipinski definition) is 6. The van der Waals surface area contributed by atoms with Crippen molar-refractivity contribution < 1.29 is 24.5 Å². The number of rotatable bonds is 5. The zero-order valence-corrected chi connectivity index (χ0v) is 14.1. The molecule has 1 aromatic heterocycles. The summed E-state index contributed by atoms with van der Waals surface area (Å²) in [5.41, 5.74) is -0.517. The van der Waals surface area contributed by atoms with Crippen molar-refractivity contribution in [2.75, 3.05) is 39.5 Å². The number of ether oxygens (including phenoxy) is 2. The van der Waals surface area contributed by atoms with Crippen LogP contribution in [0.5, 0.6) is 5.75 Å². The molecule has 8 heteroatoms. The van der Waals surface area contributed by atoms with Gasteiger partial charge in [0.2, 0.25) is 0 Å². The Hall–Kier alpha value is -1.90. The molecule has 0 spiro atoms. The fraction of sp³-hybridized carbons (Fsp3) is 0.647. The number of aromatic nitrogens is 1. The minimum absolute atomic E-state index is 0.153. The van der Waals surface area contributed by atoms with E-state index in [1.165, 1.54) is 0 Å². The van der Waals surface area contributed by atoms with Gasteiger partial charge in [-0.3, -0.25) is 4.98 Å². The highest BCUT2D eigenvalue weighted by molar-refractivity contribution is 5.74. The van der Waals surface area contributed by atoms with Gasteiger partial charge in [-0.15, -0.1) is 0 Å². The van der Waals surface area contributed by atoms with Crippen LogP contribution in [0.25, 0.3) is 0 Å². The van der Waals surface area contributed by atoms with Gasteiger partial charge in [-0.2, -0.15) is 0 Å². The Morgan fingerprint density at radius 1 is 1.36 bits per heavy atom. The van der Waals surface area contributed by atoms with Gasteiger partial charge in [0.05, 0.1) is 38.2 Å². The highest BCUT2D eigenvalue weighted by atomic mass is 16.5. The molecular weight excluding hydrogens is 326 g/mol. The third-order valence-corrected chi connectivity index (χ3v) is 4.82. The number of morpholine rings is 1. The lowest BCUT2D eigenvalue weighted by Gasteiger charge is -2.32. The van der Waals surface area contributed by atoms with E-state index in [9.17, 15) is 15.0 Å². The fourth-order valence-electron chi connectivity index (χ4n) is 3.37. The molecular formula is C17H25N3O5. The molecule has 8 nitrogen and oxygen atoms in total. The highest BCUT2D eigenvalue weighted by Gasteiger charge is 2.45. The number of hydrogen-bond donors (Lipinski definition) is 3. The molecule has 0 bridgehead atoms. The summed E-state index contributed by atoms with van der Waals surface area (Å²) in [6.45, 7) is 2.83.